The van der Waals surface area contributed by atoms with E-state index in [2.05, 4.69) is 4.98 Å². The summed E-state index contributed by atoms with van der Waals surface area (Å²) in [5.41, 5.74) is -0.895. The first kappa shape index (κ1) is 17.1. The molecule has 6 heteroatoms. The second-order valence-corrected chi connectivity index (χ2v) is 7.98. The van der Waals surface area contributed by atoms with E-state index in [0.717, 1.165) is 12.8 Å². The van der Waals surface area contributed by atoms with Gasteiger partial charge >= 0.3 is 6.09 Å². The molecule has 132 valence electrons. The molecule has 2 aliphatic heterocycles. The first-order valence-corrected chi connectivity index (χ1v) is 8.46. The van der Waals surface area contributed by atoms with Crippen LogP contribution in [-0.4, -0.2) is 38.8 Å². The second kappa shape index (κ2) is 5.69. The molecule has 0 radical (unpaired) electrons. The van der Waals surface area contributed by atoms with Crippen molar-refractivity contribution in [3.8, 4) is 0 Å². The number of carbonyl (C=O) groups is 1. The summed E-state index contributed by atoms with van der Waals surface area (Å²) >= 11 is 0. The number of piperidine rings is 1. The van der Waals surface area contributed by atoms with Crippen molar-refractivity contribution in [3.05, 3.63) is 29.3 Å². The molecule has 0 aliphatic carbocycles. The third kappa shape index (κ3) is 3.11. The number of rotatable bonds is 1. The summed E-state index contributed by atoms with van der Waals surface area (Å²) in [6.07, 6.45) is 2.17. The van der Waals surface area contributed by atoms with Crippen LogP contribution in [0.2, 0.25) is 0 Å². The highest BCUT2D eigenvalue weighted by Crippen LogP contribution is 2.45. The van der Waals surface area contributed by atoms with Gasteiger partial charge in [0.05, 0.1) is 11.4 Å². The van der Waals surface area contributed by atoms with Crippen molar-refractivity contribution in [1.82, 2.24) is 9.88 Å². The minimum Gasteiger partial charge on any atom is -0.444 e. The zero-order chi connectivity index (χ0) is 17.7. The Morgan fingerprint density at radius 2 is 1.92 bits per heavy atom. The van der Waals surface area contributed by atoms with Gasteiger partial charge in [-0.05, 0) is 52.7 Å². The lowest BCUT2D eigenvalue weighted by molar-refractivity contribution is -0.0648. The van der Waals surface area contributed by atoms with E-state index in [1.54, 1.807) is 17.9 Å². The van der Waals surface area contributed by atoms with Crippen LogP contribution < -0.4 is 0 Å². The number of hydrogen-bond donors (Lipinski definition) is 1. The van der Waals surface area contributed by atoms with E-state index in [0.29, 0.717) is 18.5 Å². The van der Waals surface area contributed by atoms with Crippen LogP contribution >= 0.6 is 0 Å². The van der Waals surface area contributed by atoms with Crippen molar-refractivity contribution >= 4 is 6.09 Å². The lowest BCUT2D eigenvalue weighted by Gasteiger charge is -2.43. The summed E-state index contributed by atoms with van der Waals surface area (Å²) in [7, 11) is 0. The highest BCUT2D eigenvalue weighted by atomic mass is 19.1. The molecular weight excluding hydrogens is 311 g/mol. The van der Waals surface area contributed by atoms with Crippen LogP contribution in [0.15, 0.2) is 12.1 Å². The molecule has 1 N–H and O–H groups in total. The van der Waals surface area contributed by atoms with Gasteiger partial charge in [0, 0.05) is 24.9 Å². The Balaban J connectivity index is 1.81. The number of carbonyl (C=O) groups excluding carboxylic acids is 1. The minimum atomic E-state index is -1.12. The molecule has 0 spiro atoms. The lowest BCUT2D eigenvalue weighted by atomic mass is 9.83. The summed E-state index contributed by atoms with van der Waals surface area (Å²) in [5.74, 6) is -0.378. The summed E-state index contributed by atoms with van der Waals surface area (Å²) in [6.45, 7) is 7.13. The number of pyridine rings is 1. The number of ether oxygens (including phenoxy) is 1. The zero-order valence-electron chi connectivity index (χ0n) is 14.7. The minimum absolute atomic E-state index is 0.0734. The highest BCUT2D eigenvalue weighted by Gasteiger charge is 2.51. The third-order valence-electron chi connectivity index (χ3n) is 4.87. The molecule has 0 aromatic carbocycles. The molecule has 2 aliphatic rings. The van der Waals surface area contributed by atoms with E-state index in [-0.39, 0.29) is 29.7 Å². The molecular formula is C18H25FN2O3. The van der Waals surface area contributed by atoms with Crippen LogP contribution in [0.4, 0.5) is 9.18 Å². The van der Waals surface area contributed by atoms with Crippen molar-refractivity contribution in [3.63, 3.8) is 0 Å². The molecule has 1 aromatic rings. The maximum atomic E-state index is 13.5. The monoisotopic (exact) mass is 336 g/mol. The fourth-order valence-electron chi connectivity index (χ4n) is 3.85. The molecule has 2 unspecified atom stereocenters. The van der Waals surface area contributed by atoms with E-state index >= 15 is 0 Å². The largest absolute Gasteiger partial charge is 0.444 e. The summed E-state index contributed by atoms with van der Waals surface area (Å²) in [5, 5.41) is 11.1. The number of aromatic nitrogens is 1. The number of amides is 1. The zero-order valence-corrected chi connectivity index (χ0v) is 14.7. The molecule has 1 amide bonds. The van der Waals surface area contributed by atoms with Gasteiger partial charge in [-0.25, -0.2) is 9.18 Å². The molecule has 24 heavy (non-hydrogen) atoms. The molecule has 3 heterocycles. The fourth-order valence-corrected chi connectivity index (χ4v) is 3.85. The summed E-state index contributed by atoms with van der Waals surface area (Å²) in [4.78, 5) is 18.5. The van der Waals surface area contributed by atoms with Gasteiger partial charge in [0.1, 0.15) is 17.0 Å². The van der Waals surface area contributed by atoms with Gasteiger partial charge in [-0.1, -0.05) is 0 Å². The average molecular weight is 336 g/mol. The topological polar surface area (TPSA) is 62.7 Å². The van der Waals surface area contributed by atoms with Gasteiger partial charge in [0.2, 0.25) is 0 Å². The maximum absolute atomic E-state index is 13.5. The number of aliphatic hydroxyl groups is 1. The van der Waals surface area contributed by atoms with Gasteiger partial charge in [-0.15, -0.1) is 0 Å². The van der Waals surface area contributed by atoms with Crippen LogP contribution in [0.3, 0.4) is 0 Å². The second-order valence-electron chi connectivity index (χ2n) is 7.98. The summed E-state index contributed by atoms with van der Waals surface area (Å²) < 4.78 is 19.0. The van der Waals surface area contributed by atoms with Crippen molar-refractivity contribution < 1.29 is 19.0 Å². The van der Waals surface area contributed by atoms with Gasteiger partial charge in [-0.2, -0.15) is 0 Å². The Bertz CT molecular complexity index is 642. The standard InChI is InChI=1S/C18H25FN2O3/c1-11-14(19)7-8-15(20-11)18(23)9-12-5-6-13(10-18)21(12)16(22)24-17(2,3)4/h7-8,12-13,23H,5-6,9-10H2,1-4H3. The van der Waals surface area contributed by atoms with E-state index in [9.17, 15) is 14.3 Å². The van der Waals surface area contributed by atoms with Crippen molar-refractivity contribution in [2.45, 2.75) is 76.7 Å². The highest BCUT2D eigenvalue weighted by molar-refractivity contribution is 5.69. The van der Waals surface area contributed by atoms with Crippen LogP contribution in [0.25, 0.3) is 0 Å². The van der Waals surface area contributed by atoms with Crippen LogP contribution in [0, 0.1) is 12.7 Å². The Morgan fingerprint density at radius 3 is 2.42 bits per heavy atom. The Morgan fingerprint density at radius 1 is 1.33 bits per heavy atom. The van der Waals surface area contributed by atoms with Crippen LogP contribution in [0.5, 0.6) is 0 Å². The predicted molar refractivity (Wildman–Crippen MR) is 86.9 cm³/mol. The van der Waals surface area contributed by atoms with Crippen LogP contribution in [-0.2, 0) is 10.3 Å². The first-order valence-electron chi connectivity index (χ1n) is 8.46. The quantitative estimate of drug-likeness (QED) is 0.855. The number of fused-ring (bicyclic) bond motifs is 2. The van der Waals surface area contributed by atoms with E-state index in [1.165, 1.54) is 6.07 Å². The maximum Gasteiger partial charge on any atom is 0.410 e. The molecule has 0 saturated carbocycles. The normalized spacial score (nSPS) is 29.7. The molecule has 5 nitrogen and oxygen atoms in total. The van der Waals surface area contributed by atoms with Crippen molar-refractivity contribution in [2.24, 2.45) is 0 Å². The van der Waals surface area contributed by atoms with Crippen molar-refractivity contribution in [1.29, 1.82) is 0 Å². The number of aryl methyl sites for hydroxylation is 1. The molecule has 2 fully saturated rings. The first-order chi connectivity index (χ1) is 11.1. The lowest BCUT2D eigenvalue weighted by Crippen LogP contribution is -2.53. The van der Waals surface area contributed by atoms with E-state index < -0.39 is 11.2 Å². The molecule has 2 bridgehead atoms. The Kier molecular flexibility index (Phi) is 4.06. The third-order valence-corrected chi connectivity index (χ3v) is 4.87. The Labute approximate surface area is 141 Å². The van der Waals surface area contributed by atoms with Gasteiger partial charge < -0.3 is 14.7 Å². The van der Waals surface area contributed by atoms with Gasteiger partial charge in [0.25, 0.3) is 0 Å². The van der Waals surface area contributed by atoms with E-state index in [1.807, 2.05) is 20.8 Å². The van der Waals surface area contributed by atoms with Crippen LogP contribution in [0.1, 0.15) is 57.8 Å². The predicted octanol–water partition coefficient (Wildman–Crippen LogP) is 3.28. The summed E-state index contributed by atoms with van der Waals surface area (Å²) in [6, 6.07) is 2.74. The molecule has 2 saturated heterocycles. The van der Waals surface area contributed by atoms with Crippen molar-refractivity contribution in [2.75, 3.05) is 0 Å². The molecule has 2 atom stereocenters. The number of halogens is 1. The molecule has 3 rings (SSSR count). The molecule has 1 aromatic heterocycles. The number of hydrogen-bond acceptors (Lipinski definition) is 4. The smallest absolute Gasteiger partial charge is 0.410 e. The SMILES string of the molecule is Cc1nc(C2(O)CC3CCC(C2)N3C(=O)OC(C)(C)C)ccc1F. The van der Waals surface area contributed by atoms with Gasteiger partial charge in [-0.3, -0.25) is 4.98 Å². The van der Waals surface area contributed by atoms with Gasteiger partial charge in [0.15, 0.2) is 0 Å². The average Bonchev–Trinajstić information content (AvgIpc) is 2.73. The fraction of sp³-hybridized carbons (Fsp3) is 0.667. The number of nitrogens with zero attached hydrogens (tertiary/aromatic N) is 2. The Hall–Kier alpha value is -1.69. The van der Waals surface area contributed by atoms with E-state index in [4.69, 9.17) is 4.74 Å².